The second kappa shape index (κ2) is 4.85. The summed E-state index contributed by atoms with van der Waals surface area (Å²) >= 11 is 0. The Morgan fingerprint density at radius 2 is 2.06 bits per heavy atom. The Hall–Kier alpha value is -1.76. The molecule has 0 unspecified atom stereocenters. The normalized spacial score (nSPS) is 14.8. The minimum atomic E-state index is -0.150. The van der Waals surface area contributed by atoms with E-state index in [4.69, 9.17) is 0 Å². The molecule has 0 bridgehead atoms. The van der Waals surface area contributed by atoms with Gasteiger partial charge in [-0.15, -0.1) is 5.10 Å². The molecule has 2 heterocycles. The molecule has 2 rings (SSSR count). The number of carbonyl (C=O) groups is 2. The third-order valence-electron chi connectivity index (χ3n) is 2.78. The molecule has 1 aromatic heterocycles. The standard InChI is InChI=1S/C11H17N5O2/c1-8(17)11-12-9-6-15(4-5-16(9)13-11)10(18)7-14(2)3/h4-7H2,1-3H3. The molecule has 0 saturated carbocycles. The molecule has 1 aliphatic heterocycles. The molecule has 0 aromatic carbocycles. The van der Waals surface area contributed by atoms with Crippen molar-refractivity contribution in [2.45, 2.75) is 20.0 Å². The largest absolute Gasteiger partial charge is 0.332 e. The smallest absolute Gasteiger partial charge is 0.237 e. The predicted molar refractivity (Wildman–Crippen MR) is 64.0 cm³/mol. The van der Waals surface area contributed by atoms with Crippen LogP contribution < -0.4 is 0 Å². The van der Waals surface area contributed by atoms with Crippen LogP contribution in [0.15, 0.2) is 0 Å². The van der Waals surface area contributed by atoms with Crippen molar-refractivity contribution in [3.05, 3.63) is 11.6 Å². The summed E-state index contributed by atoms with van der Waals surface area (Å²) in [6, 6.07) is 0. The number of hydrogen-bond acceptors (Lipinski definition) is 5. The summed E-state index contributed by atoms with van der Waals surface area (Å²) in [5, 5.41) is 4.11. The molecule has 0 atom stereocenters. The van der Waals surface area contributed by atoms with Crippen molar-refractivity contribution >= 4 is 11.7 Å². The zero-order chi connectivity index (χ0) is 13.3. The van der Waals surface area contributed by atoms with Crippen molar-refractivity contribution in [1.82, 2.24) is 24.6 Å². The molecule has 7 heteroatoms. The summed E-state index contributed by atoms with van der Waals surface area (Å²) in [5.74, 6) is 0.826. The van der Waals surface area contributed by atoms with Crippen molar-refractivity contribution in [2.24, 2.45) is 0 Å². The van der Waals surface area contributed by atoms with E-state index in [9.17, 15) is 9.59 Å². The lowest BCUT2D eigenvalue weighted by Gasteiger charge is -2.27. The molecule has 1 aliphatic rings. The number of ketones is 1. The number of rotatable bonds is 3. The zero-order valence-electron chi connectivity index (χ0n) is 10.9. The van der Waals surface area contributed by atoms with Crippen molar-refractivity contribution < 1.29 is 9.59 Å². The van der Waals surface area contributed by atoms with Gasteiger partial charge in [-0.25, -0.2) is 9.67 Å². The van der Waals surface area contributed by atoms with Crippen LogP contribution in [-0.2, 0) is 17.9 Å². The van der Waals surface area contributed by atoms with Gasteiger partial charge in [0.15, 0.2) is 5.78 Å². The fraction of sp³-hybridized carbons (Fsp3) is 0.636. The van der Waals surface area contributed by atoms with E-state index >= 15 is 0 Å². The van der Waals surface area contributed by atoms with Crippen LogP contribution in [0.4, 0.5) is 0 Å². The van der Waals surface area contributed by atoms with Crippen molar-refractivity contribution in [3.8, 4) is 0 Å². The van der Waals surface area contributed by atoms with E-state index in [-0.39, 0.29) is 17.5 Å². The third kappa shape index (κ3) is 2.56. The van der Waals surface area contributed by atoms with Crippen molar-refractivity contribution in [2.75, 3.05) is 27.2 Å². The van der Waals surface area contributed by atoms with Gasteiger partial charge in [0, 0.05) is 13.5 Å². The molecular formula is C11H17N5O2. The van der Waals surface area contributed by atoms with Crippen LogP contribution in [-0.4, -0.2) is 63.4 Å². The van der Waals surface area contributed by atoms with Crippen LogP contribution in [0.2, 0.25) is 0 Å². The van der Waals surface area contributed by atoms with Gasteiger partial charge in [0.05, 0.1) is 19.6 Å². The molecular weight excluding hydrogens is 234 g/mol. The molecule has 1 aromatic rings. The van der Waals surface area contributed by atoms with Crippen LogP contribution >= 0.6 is 0 Å². The maximum absolute atomic E-state index is 11.9. The Labute approximate surface area is 105 Å². The second-order valence-corrected chi connectivity index (χ2v) is 4.68. The third-order valence-corrected chi connectivity index (χ3v) is 2.78. The molecule has 98 valence electrons. The van der Waals surface area contributed by atoms with Gasteiger partial charge in [-0.1, -0.05) is 0 Å². The summed E-state index contributed by atoms with van der Waals surface area (Å²) in [7, 11) is 3.72. The number of fused-ring (bicyclic) bond motifs is 1. The first-order chi connectivity index (χ1) is 8.47. The van der Waals surface area contributed by atoms with E-state index in [1.54, 1.807) is 9.58 Å². The monoisotopic (exact) mass is 251 g/mol. The average Bonchev–Trinajstić information content (AvgIpc) is 2.70. The van der Waals surface area contributed by atoms with Gasteiger partial charge in [-0.05, 0) is 14.1 Å². The Kier molecular flexibility index (Phi) is 3.42. The topological polar surface area (TPSA) is 71.3 Å². The number of aromatic nitrogens is 3. The van der Waals surface area contributed by atoms with Gasteiger partial charge in [0.2, 0.25) is 11.7 Å². The number of hydrogen-bond donors (Lipinski definition) is 0. The summed E-state index contributed by atoms with van der Waals surface area (Å²) < 4.78 is 1.70. The number of Topliss-reactive ketones (excluding diaryl/α,β-unsaturated/α-hetero) is 1. The first-order valence-electron chi connectivity index (χ1n) is 5.84. The van der Waals surface area contributed by atoms with E-state index in [2.05, 4.69) is 10.1 Å². The van der Waals surface area contributed by atoms with E-state index in [1.165, 1.54) is 6.92 Å². The average molecular weight is 251 g/mol. The van der Waals surface area contributed by atoms with E-state index < -0.39 is 0 Å². The van der Waals surface area contributed by atoms with Gasteiger partial charge < -0.3 is 9.80 Å². The maximum atomic E-state index is 11.9. The fourth-order valence-corrected chi connectivity index (χ4v) is 1.87. The lowest BCUT2D eigenvalue weighted by atomic mass is 10.3. The second-order valence-electron chi connectivity index (χ2n) is 4.68. The molecule has 0 N–H and O–H groups in total. The number of likely N-dealkylation sites (N-methyl/N-ethyl adjacent to an activating group) is 1. The summed E-state index contributed by atoms with van der Waals surface area (Å²) in [6.45, 7) is 3.45. The molecule has 0 radical (unpaired) electrons. The van der Waals surface area contributed by atoms with Gasteiger partial charge in [-0.2, -0.15) is 0 Å². The van der Waals surface area contributed by atoms with Crippen molar-refractivity contribution in [3.63, 3.8) is 0 Å². The highest BCUT2D eigenvalue weighted by Gasteiger charge is 2.24. The quantitative estimate of drug-likeness (QED) is 0.670. The first kappa shape index (κ1) is 12.7. The first-order valence-corrected chi connectivity index (χ1v) is 5.84. The molecule has 18 heavy (non-hydrogen) atoms. The molecule has 0 saturated heterocycles. The minimum absolute atomic E-state index is 0.0682. The van der Waals surface area contributed by atoms with Crippen LogP contribution in [0, 0.1) is 0 Å². The van der Waals surface area contributed by atoms with Crippen LogP contribution in [0.1, 0.15) is 23.4 Å². The SMILES string of the molecule is CC(=O)c1nc2n(n1)CCN(C(=O)CN(C)C)C2. The molecule has 0 aliphatic carbocycles. The number of carbonyl (C=O) groups excluding carboxylic acids is 2. The molecule has 1 amide bonds. The Morgan fingerprint density at radius 3 is 2.67 bits per heavy atom. The summed E-state index contributed by atoms with van der Waals surface area (Å²) in [6.07, 6.45) is 0. The van der Waals surface area contributed by atoms with E-state index in [0.29, 0.717) is 32.0 Å². The Balaban J connectivity index is 2.10. The van der Waals surface area contributed by atoms with Gasteiger partial charge in [0.1, 0.15) is 5.82 Å². The van der Waals surface area contributed by atoms with Crippen LogP contribution in [0.25, 0.3) is 0 Å². The summed E-state index contributed by atoms with van der Waals surface area (Å²) in [5.41, 5.74) is 0. The van der Waals surface area contributed by atoms with Gasteiger partial charge in [-0.3, -0.25) is 9.59 Å². The Morgan fingerprint density at radius 1 is 1.33 bits per heavy atom. The predicted octanol–water partition coefficient (Wildman–Crippen LogP) is -0.615. The Bertz CT molecular complexity index is 480. The van der Waals surface area contributed by atoms with E-state index in [0.717, 1.165) is 0 Å². The number of nitrogens with zero attached hydrogens (tertiary/aromatic N) is 5. The van der Waals surface area contributed by atoms with Crippen LogP contribution in [0.3, 0.4) is 0 Å². The fourth-order valence-electron chi connectivity index (χ4n) is 1.87. The molecule has 0 fully saturated rings. The van der Waals surface area contributed by atoms with Gasteiger partial charge in [0.25, 0.3) is 0 Å². The van der Waals surface area contributed by atoms with E-state index in [1.807, 2.05) is 19.0 Å². The molecule has 7 nitrogen and oxygen atoms in total. The van der Waals surface area contributed by atoms with Crippen molar-refractivity contribution in [1.29, 1.82) is 0 Å². The summed E-state index contributed by atoms with van der Waals surface area (Å²) in [4.78, 5) is 30.9. The highest BCUT2D eigenvalue weighted by atomic mass is 16.2. The number of amides is 1. The molecule has 0 spiro atoms. The van der Waals surface area contributed by atoms with Gasteiger partial charge >= 0.3 is 0 Å². The lowest BCUT2D eigenvalue weighted by molar-refractivity contribution is -0.133. The lowest BCUT2D eigenvalue weighted by Crippen LogP contribution is -2.42. The highest BCUT2D eigenvalue weighted by Crippen LogP contribution is 2.10. The maximum Gasteiger partial charge on any atom is 0.237 e. The zero-order valence-corrected chi connectivity index (χ0v) is 10.9. The highest BCUT2D eigenvalue weighted by molar-refractivity contribution is 5.90. The minimum Gasteiger partial charge on any atom is -0.332 e. The van der Waals surface area contributed by atoms with Crippen LogP contribution in [0.5, 0.6) is 0 Å².